The topological polar surface area (TPSA) is 23.6 Å². The van der Waals surface area contributed by atoms with Crippen molar-refractivity contribution in [3.63, 3.8) is 0 Å². The highest BCUT2D eigenvalue weighted by Gasteiger charge is 2.35. The van der Waals surface area contributed by atoms with Crippen LogP contribution in [0.3, 0.4) is 0 Å². The molecule has 0 unspecified atom stereocenters. The van der Waals surface area contributed by atoms with Crippen molar-refractivity contribution in [1.82, 2.24) is 9.80 Å². The van der Waals surface area contributed by atoms with Crippen molar-refractivity contribution in [1.29, 1.82) is 0 Å². The summed E-state index contributed by atoms with van der Waals surface area (Å²) in [5.41, 5.74) is -0.0620. The summed E-state index contributed by atoms with van der Waals surface area (Å²) in [6.45, 7) is 7.23. The number of nitrogens with zero attached hydrogens (tertiary/aromatic N) is 2. The third kappa shape index (κ3) is 2.02. The van der Waals surface area contributed by atoms with Gasteiger partial charge in [0.1, 0.15) is 0 Å². The SMILES string of the molecule is CN1CC[C@H]1C(=O)N(C)C(C)(C)C. The number of rotatable bonds is 1. The smallest absolute Gasteiger partial charge is 0.240 e. The highest BCUT2D eigenvalue weighted by Crippen LogP contribution is 2.20. The molecule has 76 valence electrons. The second-order valence-electron chi connectivity index (χ2n) is 4.85. The molecule has 0 aromatic carbocycles. The Kier molecular flexibility index (Phi) is 2.66. The zero-order valence-corrected chi connectivity index (χ0v) is 9.29. The van der Waals surface area contributed by atoms with E-state index in [1.165, 1.54) is 0 Å². The fourth-order valence-electron chi connectivity index (χ4n) is 1.38. The van der Waals surface area contributed by atoms with E-state index in [1.807, 2.05) is 19.0 Å². The summed E-state index contributed by atoms with van der Waals surface area (Å²) in [4.78, 5) is 15.8. The first-order chi connectivity index (χ1) is 5.84. The third-order valence-electron chi connectivity index (χ3n) is 2.91. The van der Waals surface area contributed by atoms with Gasteiger partial charge >= 0.3 is 0 Å². The van der Waals surface area contributed by atoms with Gasteiger partial charge in [0.25, 0.3) is 0 Å². The summed E-state index contributed by atoms with van der Waals surface area (Å²) in [6, 6.07) is 0.129. The second-order valence-corrected chi connectivity index (χ2v) is 4.85. The zero-order chi connectivity index (χ0) is 10.2. The molecule has 0 spiro atoms. The molecule has 0 saturated carbocycles. The first-order valence-corrected chi connectivity index (χ1v) is 4.82. The molecular weight excluding hydrogens is 164 g/mol. The fraction of sp³-hybridized carbons (Fsp3) is 0.900. The van der Waals surface area contributed by atoms with Crippen LogP contribution in [-0.2, 0) is 4.79 Å². The number of carbonyl (C=O) groups excluding carboxylic acids is 1. The monoisotopic (exact) mass is 184 g/mol. The Bertz CT molecular complexity index is 207. The van der Waals surface area contributed by atoms with Crippen LogP contribution in [0.15, 0.2) is 0 Å². The van der Waals surface area contributed by atoms with Crippen LogP contribution in [0.1, 0.15) is 27.2 Å². The summed E-state index contributed by atoms with van der Waals surface area (Å²) in [5.74, 6) is 0.251. The maximum atomic E-state index is 11.9. The molecule has 0 aliphatic carbocycles. The Hall–Kier alpha value is -0.570. The Balaban J connectivity index is 2.57. The predicted octanol–water partition coefficient (Wildman–Crippen LogP) is 0.947. The van der Waals surface area contributed by atoms with E-state index in [0.29, 0.717) is 0 Å². The van der Waals surface area contributed by atoms with Gasteiger partial charge in [-0.05, 0) is 34.2 Å². The minimum absolute atomic E-state index is 0.0620. The number of amides is 1. The number of likely N-dealkylation sites (N-methyl/N-ethyl adjacent to an activating group) is 2. The summed E-state index contributed by atoms with van der Waals surface area (Å²) in [7, 11) is 3.89. The van der Waals surface area contributed by atoms with E-state index in [0.717, 1.165) is 13.0 Å². The molecule has 0 aromatic rings. The zero-order valence-electron chi connectivity index (χ0n) is 9.29. The molecule has 1 atom stereocenters. The van der Waals surface area contributed by atoms with Crippen LogP contribution < -0.4 is 0 Å². The Morgan fingerprint density at radius 2 is 2.00 bits per heavy atom. The molecule has 1 aliphatic heterocycles. The van der Waals surface area contributed by atoms with Crippen LogP contribution in [0.2, 0.25) is 0 Å². The summed E-state index contributed by atoms with van der Waals surface area (Å²) in [6.07, 6.45) is 1.01. The van der Waals surface area contributed by atoms with E-state index in [4.69, 9.17) is 0 Å². The molecule has 3 heteroatoms. The second kappa shape index (κ2) is 3.29. The van der Waals surface area contributed by atoms with Crippen molar-refractivity contribution in [2.45, 2.75) is 38.8 Å². The first-order valence-electron chi connectivity index (χ1n) is 4.82. The minimum Gasteiger partial charge on any atom is -0.340 e. The maximum absolute atomic E-state index is 11.9. The van der Waals surface area contributed by atoms with E-state index in [1.54, 1.807) is 0 Å². The van der Waals surface area contributed by atoms with Gasteiger partial charge in [0.05, 0.1) is 6.04 Å². The van der Waals surface area contributed by atoms with Crippen molar-refractivity contribution in [3.05, 3.63) is 0 Å². The largest absolute Gasteiger partial charge is 0.340 e. The van der Waals surface area contributed by atoms with Gasteiger partial charge in [0.2, 0.25) is 5.91 Å². The summed E-state index contributed by atoms with van der Waals surface area (Å²) in [5, 5.41) is 0. The molecule has 1 heterocycles. The lowest BCUT2D eigenvalue weighted by Crippen LogP contribution is -2.57. The van der Waals surface area contributed by atoms with Crippen molar-refractivity contribution in [2.24, 2.45) is 0 Å². The Morgan fingerprint density at radius 3 is 2.23 bits per heavy atom. The van der Waals surface area contributed by atoms with Gasteiger partial charge in [-0.1, -0.05) is 0 Å². The fourth-order valence-corrected chi connectivity index (χ4v) is 1.38. The lowest BCUT2D eigenvalue weighted by atomic mass is 9.99. The average Bonchev–Trinajstić information content (AvgIpc) is 1.98. The van der Waals surface area contributed by atoms with Crippen molar-refractivity contribution >= 4 is 5.91 Å². The van der Waals surface area contributed by atoms with Crippen LogP contribution in [0, 0.1) is 0 Å². The molecule has 0 radical (unpaired) electrons. The normalized spacial score (nSPS) is 23.9. The van der Waals surface area contributed by atoms with E-state index in [2.05, 4.69) is 25.7 Å². The molecular formula is C10H20N2O. The van der Waals surface area contributed by atoms with Gasteiger partial charge in [0.15, 0.2) is 0 Å². The molecule has 0 N–H and O–H groups in total. The average molecular weight is 184 g/mol. The van der Waals surface area contributed by atoms with Crippen molar-refractivity contribution in [2.75, 3.05) is 20.6 Å². The highest BCUT2D eigenvalue weighted by atomic mass is 16.2. The minimum atomic E-state index is -0.0620. The molecule has 0 bridgehead atoms. The van der Waals surface area contributed by atoms with Gasteiger partial charge in [0, 0.05) is 19.1 Å². The lowest BCUT2D eigenvalue weighted by Gasteiger charge is -2.42. The quantitative estimate of drug-likeness (QED) is 0.605. The van der Waals surface area contributed by atoms with E-state index < -0.39 is 0 Å². The lowest BCUT2D eigenvalue weighted by molar-refractivity contribution is -0.143. The standard InChI is InChI=1S/C10H20N2O/c1-10(2,3)12(5)9(13)8-6-7-11(8)4/h8H,6-7H2,1-5H3/t8-/m0/s1. The molecule has 1 saturated heterocycles. The van der Waals surface area contributed by atoms with Crippen LogP contribution >= 0.6 is 0 Å². The summed E-state index contributed by atoms with van der Waals surface area (Å²) >= 11 is 0. The van der Waals surface area contributed by atoms with Crippen LogP contribution in [0.4, 0.5) is 0 Å². The van der Waals surface area contributed by atoms with Crippen LogP contribution in [-0.4, -0.2) is 47.9 Å². The Morgan fingerprint density at radius 1 is 1.46 bits per heavy atom. The molecule has 13 heavy (non-hydrogen) atoms. The van der Waals surface area contributed by atoms with Crippen molar-refractivity contribution < 1.29 is 4.79 Å². The van der Waals surface area contributed by atoms with Crippen LogP contribution in [0.25, 0.3) is 0 Å². The first kappa shape index (κ1) is 10.5. The van der Waals surface area contributed by atoms with Gasteiger partial charge in [-0.15, -0.1) is 0 Å². The van der Waals surface area contributed by atoms with Crippen LogP contribution in [0.5, 0.6) is 0 Å². The van der Waals surface area contributed by atoms with Crippen molar-refractivity contribution in [3.8, 4) is 0 Å². The number of carbonyl (C=O) groups is 1. The number of likely N-dealkylation sites (tertiary alicyclic amines) is 1. The van der Waals surface area contributed by atoms with Gasteiger partial charge in [-0.2, -0.15) is 0 Å². The molecule has 0 aromatic heterocycles. The highest BCUT2D eigenvalue weighted by molar-refractivity contribution is 5.83. The van der Waals surface area contributed by atoms with E-state index in [-0.39, 0.29) is 17.5 Å². The number of hydrogen-bond donors (Lipinski definition) is 0. The van der Waals surface area contributed by atoms with E-state index >= 15 is 0 Å². The number of hydrogen-bond acceptors (Lipinski definition) is 2. The molecule has 1 aliphatic rings. The molecule has 1 amide bonds. The van der Waals surface area contributed by atoms with E-state index in [9.17, 15) is 4.79 Å². The Labute approximate surface area is 80.7 Å². The third-order valence-corrected chi connectivity index (χ3v) is 2.91. The van der Waals surface area contributed by atoms with Gasteiger partial charge < -0.3 is 4.90 Å². The van der Waals surface area contributed by atoms with Gasteiger partial charge in [-0.25, -0.2) is 0 Å². The summed E-state index contributed by atoms with van der Waals surface area (Å²) < 4.78 is 0. The molecule has 1 fully saturated rings. The molecule has 1 rings (SSSR count). The molecule has 3 nitrogen and oxygen atoms in total. The maximum Gasteiger partial charge on any atom is 0.240 e. The van der Waals surface area contributed by atoms with Gasteiger partial charge in [-0.3, -0.25) is 9.69 Å². The predicted molar refractivity (Wildman–Crippen MR) is 53.6 cm³/mol.